The minimum Gasteiger partial charge on any atom is -0.382 e. The fraction of sp³-hybridized carbons (Fsp3) is 0.0833. The Morgan fingerprint density at radius 2 is 1.78 bits per heavy atom. The van der Waals surface area contributed by atoms with Gasteiger partial charge >= 0.3 is 0 Å². The lowest BCUT2D eigenvalue weighted by atomic mass is 10.2. The number of aryl methyl sites for hydroxylation is 1. The standard InChI is InChI=1S/C12H10Cl3N3/c1-6-2-3-7(4-8(6)13)17-12-10(15)5-9(14)11(16)18-12/h2-5H,1H3,(H3,16,17,18). The first-order valence-corrected chi connectivity index (χ1v) is 6.25. The van der Waals surface area contributed by atoms with Crippen LogP contribution in [0.25, 0.3) is 0 Å². The zero-order chi connectivity index (χ0) is 13.3. The van der Waals surface area contributed by atoms with E-state index < -0.39 is 0 Å². The summed E-state index contributed by atoms with van der Waals surface area (Å²) in [5.74, 6) is 0.667. The lowest BCUT2D eigenvalue weighted by molar-refractivity contribution is 1.31. The summed E-state index contributed by atoms with van der Waals surface area (Å²) in [4.78, 5) is 4.08. The number of anilines is 3. The van der Waals surface area contributed by atoms with Crippen LogP contribution in [0.2, 0.25) is 15.1 Å². The van der Waals surface area contributed by atoms with Crippen molar-refractivity contribution in [3.8, 4) is 0 Å². The zero-order valence-electron chi connectivity index (χ0n) is 9.47. The number of nitrogens with one attached hydrogen (secondary N) is 1. The summed E-state index contributed by atoms with van der Waals surface area (Å²) in [7, 11) is 0. The molecule has 0 fully saturated rings. The lowest BCUT2D eigenvalue weighted by Gasteiger charge is -2.10. The normalized spacial score (nSPS) is 10.4. The van der Waals surface area contributed by atoms with E-state index in [2.05, 4.69) is 10.3 Å². The van der Waals surface area contributed by atoms with Gasteiger partial charge in [0.15, 0.2) is 5.82 Å². The third kappa shape index (κ3) is 2.80. The maximum atomic E-state index is 6.04. The Morgan fingerprint density at radius 1 is 1.06 bits per heavy atom. The number of nitrogens with zero attached hydrogens (tertiary/aromatic N) is 1. The van der Waals surface area contributed by atoms with Crippen LogP contribution in [0.1, 0.15) is 5.56 Å². The van der Waals surface area contributed by atoms with Crippen LogP contribution < -0.4 is 11.1 Å². The minimum absolute atomic E-state index is 0.224. The number of hydrogen-bond acceptors (Lipinski definition) is 3. The van der Waals surface area contributed by atoms with Crippen molar-refractivity contribution in [2.24, 2.45) is 0 Å². The summed E-state index contributed by atoms with van der Waals surface area (Å²) in [6.45, 7) is 1.93. The van der Waals surface area contributed by atoms with Crippen molar-refractivity contribution in [1.82, 2.24) is 4.98 Å². The highest BCUT2D eigenvalue weighted by Gasteiger charge is 2.08. The molecule has 0 unspecified atom stereocenters. The second-order valence-corrected chi connectivity index (χ2v) is 5.00. The molecule has 6 heteroatoms. The van der Waals surface area contributed by atoms with Crippen LogP contribution in [-0.2, 0) is 0 Å². The molecule has 0 atom stereocenters. The van der Waals surface area contributed by atoms with Gasteiger partial charge < -0.3 is 11.1 Å². The maximum Gasteiger partial charge on any atom is 0.151 e. The molecular formula is C12H10Cl3N3. The smallest absolute Gasteiger partial charge is 0.151 e. The predicted molar refractivity (Wildman–Crippen MR) is 78.1 cm³/mol. The van der Waals surface area contributed by atoms with Gasteiger partial charge in [-0.2, -0.15) is 0 Å². The molecule has 0 aliphatic heterocycles. The summed E-state index contributed by atoms with van der Waals surface area (Å²) >= 11 is 17.9. The Kier molecular flexibility index (Phi) is 3.85. The van der Waals surface area contributed by atoms with Crippen molar-refractivity contribution in [2.45, 2.75) is 6.92 Å². The van der Waals surface area contributed by atoms with E-state index >= 15 is 0 Å². The van der Waals surface area contributed by atoms with Gasteiger partial charge in [0.2, 0.25) is 0 Å². The Hall–Kier alpha value is -1.16. The van der Waals surface area contributed by atoms with Crippen molar-refractivity contribution in [1.29, 1.82) is 0 Å². The largest absolute Gasteiger partial charge is 0.382 e. The van der Waals surface area contributed by atoms with Gasteiger partial charge in [0.1, 0.15) is 5.82 Å². The molecule has 3 nitrogen and oxygen atoms in total. The van der Waals surface area contributed by atoms with E-state index in [0.717, 1.165) is 11.3 Å². The monoisotopic (exact) mass is 301 g/mol. The molecule has 0 saturated heterocycles. The molecule has 0 aliphatic carbocycles. The minimum atomic E-state index is 0.224. The lowest BCUT2D eigenvalue weighted by Crippen LogP contribution is -1.99. The second kappa shape index (κ2) is 5.22. The Bertz CT molecular complexity index is 599. The van der Waals surface area contributed by atoms with E-state index in [9.17, 15) is 0 Å². The van der Waals surface area contributed by atoms with Crippen molar-refractivity contribution in [3.05, 3.63) is 44.9 Å². The molecule has 1 aromatic heterocycles. The molecule has 18 heavy (non-hydrogen) atoms. The number of nitrogen functional groups attached to an aromatic ring is 1. The van der Waals surface area contributed by atoms with Gasteiger partial charge in [-0.3, -0.25) is 0 Å². The number of hydrogen-bond donors (Lipinski definition) is 2. The van der Waals surface area contributed by atoms with E-state index in [1.54, 1.807) is 12.1 Å². The number of pyridine rings is 1. The van der Waals surface area contributed by atoms with Gasteiger partial charge in [0.05, 0.1) is 10.0 Å². The number of aromatic nitrogens is 1. The van der Waals surface area contributed by atoms with Crippen molar-refractivity contribution < 1.29 is 0 Å². The van der Waals surface area contributed by atoms with Crippen molar-refractivity contribution in [2.75, 3.05) is 11.1 Å². The average Bonchev–Trinajstić information content (AvgIpc) is 2.31. The summed E-state index contributed by atoms with van der Waals surface area (Å²) in [5, 5.41) is 4.43. The number of rotatable bonds is 2. The topological polar surface area (TPSA) is 50.9 Å². The van der Waals surface area contributed by atoms with Crippen LogP contribution in [-0.4, -0.2) is 4.98 Å². The zero-order valence-corrected chi connectivity index (χ0v) is 11.7. The van der Waals surface area contributed by atoms with Crippen LogP contribution in [0, 0.1) is 6.92 Å². The highest BCUT2D eigenvalue weighted by Crippen LogP contribution is 2.30. The molecule has 0 radical (unpaired) electrons. The first-order chi connectivity index (χ1) is 8.47. The van der Waals surface area contributed by atoms with Crippen molar-refractivity contribution in [3.63, 3.8) is 0 Å². The molecule has 0 amide bonds. The van der Waals surface area contributed by atoms with Gasteiger partial charge in [-0.25, -0.2) is 4.98 Å². The molecule has 2 aromatic rings. The van der Waals surface area contributed by atoms with Crippen molar-refractivity contribution >= 4 is 52.1 Å². The summed E-state index contributed by atoms with van der Waals surface area (Å²) < 4.78 is 0. The van der Waals surface area contributed by atoms with E-state index in [0.29, 0.717) is 20.9 Å². The molecule has 1 heterocycles. The first kappa shape index (κ1) is 13.3. The van der Waals surface area contributed by atoms with Gasteiger partial charge in [-0.05, 0) is 30.7 Å². The molecule has 0 spiro atoms. The third-order valence-electron chi connectivity index (χ3n) is 2.39. The van der Waals surface area contributed by atoms with Crippen LogP contribution in [0.5, 0.6) is 0 Å². The van der Waals surface area contributed by atoms with Crippen LogP contribution in [0.4, 0.5) is 17.3 Å². The average molecular weight is 303 g/mol. The second-order valence-electron chi connectivity index (χ2n) is 3.77. The molecular weight excluding hydrogens is 293 g/mol. The summed E-state index contributed by atoms with van der Waals surface area (Å²) in [5.41, 5.74) is 7.41. The molecule has 2 rings (SSSR count). The molecule has 1 aromatic carbocycles. The molecule has 3 N–H and O–H groups in total. The summed E-state index contributed by atoms with van der Waals surface area (Å²) in [6.07, 6.45) is 0. The van der Waals surface area contributed by atoms with Crippen LogP contribution in [0.3, 0.4) is 0 Å². The third-order valence-corrected chi connectivity index (χ3v) is 3.39. The van der Waals surface area contributed by atoms with E-state index in [4.69, 9.17) is 40.5 Å². The van der Waals surface area contributed by atoms with Crippen LogP contribution >= 0.6 is 34.8 Å². The Labute approximate surface area is 120 Å². The van der Waals surface area contributed by atoms with E-state index in [1.807, 2.05) is 19.1 Å². The molecule has 0 bridgehead atoms. The fourth-order valence-corrected chi connectivity index (χ4v) is 1.96. The number of nitrogens with two attached hydrogens (primary N) is 1. The fourth-order valence-electron chi connectivity index (χ4n) is 1.38. The van der Waals surface area contributed by atoms with Gasteiger partial charge in [-0.1, -0.05) is 40.9 Å². The molecule has 0 aliphatic rings. The van der Waals surface area contributed by atoms with Gasteiger partial charge in [0.25, 0.3) is 0 Å². The van der Waals surface area contributed by atoms with Gasteiger partial charge in [0, 0.05) is 10.7 Å². The Morgan fingerprint density at radius 3 is 2.44 bits per heavy atom. The number of halogens is 3. The molecule has 0 saturated carbocycles. The van der Waals surface area contributed by atoms with E-state index in [1.165, 1.54) is 0 Å². The van der Waals surface area contributed by atoms with E-state index in [-0.39, 0.29) is 5.82 Å². The van der Waals surface area contributed by atoms with Gasteiger partial charge in [-0.15, -0.1) is 0 Å². The summed E-state index contributed by atoms with van der Waals surface area (Å²) in [6, 6.07) is 7.12. The molecule has 94 valence electrons. The maximum absolute atomic E-state index is 6.04. The highest BCUT2D eigenvalue weighted by molar-refractivity contribution is 6.37. The predicted octanol–water partition coefficient (Wildman–Crippen LogP) is 4.68. The van der Waals surface area contributed by atoms with Crippen LogP contribution in [0.15, 0.2) is 24.3 Å². The first-order valence-electron chi connectivity index (χ1n) is 5.12. The Balaban J connectivity index is 2.34. The number of benzene rings is 1. The SMILES string of the molecule is Cc1ccc(Nc2nc(N)c(Cl)cc2Cl)cc1Cl. The highest BCUT2D eigenvalue weighted by atomic mass is 35.5. The quantitative estimate of drug-likeness (QED) is 0.847.